The fraction of sp³-hybridized carbons (Fsp3) is 0.0833. The van der Waals surface area contributed by atoms with E-state index >= 15 is 0 Å². The summed E-state index contributed by atoms with van der Waals surface area (Å²) in [6.45, 7) is 1.74. The minimum Gasteiger partial charge on any atom is -0.409 e. The van der Waals surface area contributed by atoms with Crippen molar-refractivity contribution in [2.45, 2.75) is 17.0 Å². The second kappa shape index (κ2) is 5.98. The molecule has 0 aliphatic rings. The molecule has 20 heavy (non-hydrogen) atoms. The molecule has 0 saturated heterocycles. The summed E-state index contributed by atoms with van der Waals surface area (Å²) >= 11 is 7.32. The molecule has 0 fully saturated rings. The van der Waals surface area contributed by atoms with Crippen LogP contribution in [0.5, 0.6) is 0 Å². The van der Waals surface area contributed by atoms with Crippen LogP contribution in [0.15, 0.2) is 44.3 Å². The van der Waals surface area contributed by atoms with Crippen LogP contribution in [0.4, 0.5) is 0 Å². The summed E-state index contributed by atoms with van der Waals surface area (Å²) in [5.41, 5.74) is 6.35. The Morgan fingerprint density at radius 1 is 1.50 bits per heavy atom. The molecule has 8 heteroatoms. The lowest BCUT2D eigenvalue weighted by atomic mass is 10.2. The SMILES string of the molecule is Cc1cc(=O)[nH]c(Sc2ccc(C(N)=NO)c(Cl)c2)n1. The molecule has 0 radical (unpaired) electrons. The van der Waals surface area contributed by atoms with Crippen LogP contribution >= 0.6 is 23.4 Å². The van der Waals surface area contributed by atoms with E-state index in [0.29, 0.717) is 21.4 Å². The molecule has 0 saturated carbocycles. The van der Waals surface area contributed by atoms with E-state index < -0.39 is 0 Å². The number of hydrogen-bond acceptors (Lipinski definition) is 5. The molecule has 4 N–H and O–H groups in total. The number of amidine groups is 1. The topological polar surface area (TPSA) is 104 Å². The normalized spacial score (nSPS) is 11.6. The third-order valence-electron chi connectivity index (χ3n) is 2.39. The van der Waals surface area contributed by atoms with Crippen molar-refractivity contribution in [1.82, 2.24) is 9.97 Å². The minimum atomic E-state index is -0.209. The van der Waals surface area contributed by atoms with Gasteiger partial charge in [0.15, 0.2) is 11.0 Å². The molecule has 2 rings (SSSR count). The second-order valence-electron chi connectivity index (χ2n) is 3.92. The molecule has 0 atom stereocenters. The van der Waals surface area contributed by atoms with Crippen molar-refractivity contribution in [3.63, 3.8) is 0 Å². The summed E-state index contributed by atoms with van der Waals surface area (Å²) in [6, 6.07) is 6.44. The Bertz CT molecular complexity index is 730. The summed E-state index contributed by atoms with van der Waals surface area (Å²) in [6.07, 6.45) is 0. The summed E-state index contributed by atoms with van der Waals surface area (Å²) in [7, 11) is 0. The first-order valence-corrected chi connectivity index (χ1v) is 6.72. The molecule has 0 bridgehead atoms. The van der Waals surface area contributed by atoms with Gasteiger partial charge in [0.2, 0.25) is 0 Å². The molecule has 104 valence electrons. The van der Waals surface area contributed by atoms with E-state index in [1.807, 2.05) is 0 Å². The van der Waals surface area contributed by atoms with Crippen molar-refractivity contribution in [3.8, 4) is 0 Å². The monoisotopic (exact) mass is 310 g/mol. The van der Waals surface area contributed by atoms with E-state index in [1.165, 1.54) is 17.8 Å². The van der Waals surface area contributed by atoms with Gasteiger partial charge in [-0.05, 0) is 25.1 Å². The smallest absolute Gasteiger partial charge is 0.251 e. The van der Waals surface area contributed by atoms with Gasteiger partial charge in [0.05, 0.1) is 5.02 Å². The molecule has 1 aromatic heterocycles. The summed E-state index contributed by atoms with van der Waals surface area (Å²) < 4.78 is 0. The molecule has 0 spiro atoms. The molecule has 2 aromatic rings. The summed E-state index contributed by atoms with van der Waals surface area (Å²) in [5.74, 6) is -0.0614. The van der Waals surface area contributed by atoms with E-state index in [1.54, 1.807) is 25.1 Å². The van der Waals surface area contributed by atoms with Gasteiger partial charge in [-0.1, -0.05) is 28.5 Å². The van der Waals surface area contributed by atoms with Crippen molar-refractivity contribution in [3.05, 3.63) is 50.9 Å². The lowest BCUT2D eigenvalue weighted by molar-refractivity contribution is 0.318. The first-order valence-electron chi connectivity index (χ1n) is 5.53. The van der Waals surface area contributed by atoms with Gasteiger partial charge in [0.1, 0.15) is 0 Å². The van der Waals surface area contributed by atoms with Crippen LogP contribution in [0.2, 0.25) is 5.02 Å². The predicted octanol–water partition coefficient (Wildman–Crippen LogP) is 1.98. The number of aromatic nitrogens is 2. The average Bonchev–Trinajstić information content (AvgIpc) is 2.36. The van der Waals surface area contributed by atoms with Crippen LogP contribution in [0.3, 0.4) is 0 Å². The van der Waals surface area contributed by atoms with Gasteiger partial charge in [0, 0.05) is 22.2 Å². The van der Waals surface area contributed by atoms with E-state index in [0.717, 1.165) is 4.90 Å². The fourth-order valence-corrected chi connectivity index (χ4v) is 2.75. The van der Waals surface area contributed by atoms with Crippen molar-refractivity contribution < 1.29 is 5.21 Å². The Balaban J connectivity index is 2.31. The summed E-state index contributed by atoms with van der Waals surface area (Å²) in [4.78, 5) is 19.0. The maximum Gasteiger partial charge on any atom is 0.251 e. The standard InChI is InChI=1S/C12H11ClN4O2S/c1-6-4-10(18)16-12(15-6)20-7-2-3-8(9(13)5-7)11(14)17-19/h2-5,19H,1H3,(H2,14,17)(H,15,16,18). The number of nitrogens with zero attached hydrogens (tertiary/aromatic N) is 2. The third-order valence-corrected chi connectivity index (χ3v) is 3.58. The van der Waals surface area contributed by atoms with E-state index in [2.05, 4.69) is 15.1 Å². The van der Waals surface area contributed by atoms with Gasteiger partial charge >= 0.3 is 0 Å². The van der Waals surface area contributed by atoms with Crippen LogP contribution in [0.1, 0.15) is 11.3 Å². The molecule has 0 aliphatic heterocycles. The lowest BCUT2D eigenvalue weighted by Gasteiger charge is -2.05. The number of oxime groups is 1. The van der Waals surface area contributed by atoms with E-state index in [4.69, 9.17) is 22.5 Å². The van der Waals surface area contributed by atoms with Crippen molar-refractivity contribution in [1.29, 1.82) is 0 Å². The Morgan fingerprint density at radius 2 is 2.25 bits per heavy atom. The van der Waals surface area contributed by atoms with Crippen molar-refractivity contribution >= 4 is 29.2 Å². The number of hydrogen-bond donors (Lipinski definition) is 3. The van der Waals surface area contributed by atoms with Crippen LogP contribution in [0, 0.1) is 6.92 Å². The fourth-order valence-electron chi connectivity index (χ4n) is 1.53. The number of nitrogens with one attached hydrogen (secondary N) is 1. The Morgan fingerprint density at radius 3 is 2.85 bits per heavy atom. The largest absolute Gasteiger partial charge is 0.409 e. The quantitative estimate of drug-likeness (QED) is 0.264. The van der Waals surface area contributed by atoms with Crippen molar-refractivity contribution in [2.24, 2.45) is 10.9 Å². The van der Waals surface area contributed by atoms with Gasteiger partial charge in [-0.15, -0.1) is 0 Å². The van der Waals surface area contributed by atoms with Crippen LogP contribution in [0.25, 0.3) is 0 Å². The minimum absolute atomic E-state index is 0.0614. The van der Waals surface area contributed by atoms with E-state index in [9.17, 15) is 4.79 Å². The zero-order valence-electron chi connectivity index (χ0n) is 10.4. The number of nitrogens with two attached hydrogens (primary N) is 1. The molecule has 1 heterocycles. The van der Waals surface area contributed by atoms with Gasteiger partial charge < -0.3 is 15.9 Å². The zero-order chi connectivity index (χ0) is 14.7. The molecular formula is C12H11ClN4O2S. The number of aryl methyl sites for hydroxylation is 1. The van der Waals surface area contributed by atoms with Gasteiger partial charge in [-0.3, -0.25) is 4.79 Å². The lowest BCUT2D eigenvalue weighted by Crippen LogP contribution is -2.13. The molecular weight excluding hydrogens is 300 g/mol. The Kier molecular flexibility index (Phi) is 4.31. The average molecular weight is 311 g/mol. The first-order chi connectivity index (χ1) is 9.49. The predicted molar refractivity (Wildman–Crippen MR) is 77.7 cm³/mol. The van der Waals surface area contributed by atoms with Crippen LogP contribution in [-0.4, -0.2) is 21.0 Å². The van der Waals surface area contributed by atoms with Gasteiger partial charge in [-0.2, -0.15) is 0 Å². The number of halogens is 1. The Labute approximate surface area is 123 Å². The maximum atomic E-state index is 11.4. The highest BCUT2D eigenvalue weighted by Gasteiger charge is 2.08. The highest BCUT2D eigenvalue weighted by Crippen LogP contribution is 2.28. The Hall–Kier alpha value is -1.99. The molecule has 1 aromatic carbocycles. The number of rotatable bonds is 3. The first kappa shape index (κ1) is 14.4. The number of H-pyrrole nitrogens is 1. The van der Waals surface area contributed by atoms with Crippen molar-refractivity contribution in [2.75, 3.05) is 0 Å². The van der Waals surface area contributed by atoms with Gasteiger partial charge in [-0.25, -0.2) is 4.98 Å². The molecule has 0 unspecified atom stereocenters. The van der Waals surface area contributed by atoms with Crippen LogP contribution in [-0.2, 0) is 0 Å². The zero-order valence-corrected chi connectivity index (χ0v) is 12.0. The highest BCUT2D eigenvalue weighted by atomic mass is 35.5. The number of benzene rings is 1. The van der Waals surface area contributed by atoms with Gasteiger partial charge in [0.25, 0.3) is 5.56 Å². The summed E-state index contributed by atoms with van der Waals surface area (Å²) in [5, 5.41) is 12.3. The maximum absolute atomic E-state index is 11.4. The third kappa shape index (κ3) is 3.31. The highest BCUT2D eigenvalue weighted by molar-refractivity contribution is 7.99. The second-order valence-corrected chi connectivity index (χ2v) is 5.39. The van der Waals surface area contributed by atoms with E-state index in [-0.39, 0.29) is 11.4 Å². The molecule has 6 nitrogen and oxygen atoms in total. The number of aromatic amines is 1. The molecule has 0 aliphatic carbocycles. The van der Waals surface area contributed by atoms with Crippen LogP contribution < -0.4 is 11.3 Å². The molecule has 0 amide bonds.